The van der Waals surface area contributed by atoms with Gasteiger partial charge in [-0.15, -0.1) is 0 Å². The van der Waals surface area contributed by atoms with E-state index in [4.69, 9.17) is 21.1 Å². The molecule has 0 heterocycles. The van der Waals surface area contributed by atoms with Gasteiger partial charge in [-0.25, -0.2) is 0 Å². The van der Waals surface area contributed by atoms with Crippen LogP contribution in [0.5, 0.6) is 5.75 Å². The third kappa shape index (κ3) is 4.61. The van der Waals surface area contributed by atoms with Crippen molar-refractivity contribution in [1.82, 2.24) is 0 Å². The topological polar surface area (TPSA) is 55.8 Å². The molecular weight excluding hydrogens is 292 g/mol. The molecule has 1 saturated carbocycles. The van der Waals surface area contributed by atoms with Gasteiger partial charge in [0, 0.05) is 5.02 Å². The molecule has 0 atom stereocenters. The maximum Gasteiger partial charge on any atom is 0.308 e. The monoisotopic (exact) mass is 312 g/mol. The highest BCUT2D eigenvalue weighted by Gasteiger charge is 2.37. The smallest absolute Gasteiger partial charge is 0.308 e. The van der Waals surface area contributed by atoms with Gasteiger partial charge in [0.1, 0.15) is 12.4 Å². The molecule has 4 nitrogen and oxygen atoms in total. The first-order valence-corrected chi connectivity index (χ1v) is 7.67. The molecule has 0 aromatic heterocycles. The summed E-state index contributed by atoms with van der Waals surface area (Å²) in [5.41, 5.74) is -0.884. The Morgan fingerprint density at radius 1 is 1.43 bits per heavy atom. The standard InChI is InChI=1S/C16H21ClO4/c1-2-20-15(18)12-6-8-16(19,9-7-12)11-21-14-5-3-4-13(17)10-14/h3-5,10,12,19H,2,6-9,11H2,1H3. The molecule has 1 fully saturated rings. The number of benzene rings is 1. The summed E-state index contributed by atoms with van der Waals surface area (Å²) in [5, 5.41) is 11.1. The molecule has 0 aliphatic heterocycles. The molecule has 0 radical (unpaired) electrons. The Hall–Kier alpha value is -1.26. The van der Waals surface area contributed by atoms with E-state index in [1.165, 1.54) is 0 Å². The zero-order valence-electron chi connectivity index (χ0n) is 12.2. The lowest BCUT2D eigenvalue weighted by molar-refractivity contribution is -0.151. The van der Waals surface area contributed by atoms with E-state index >= 15 is 0 Å². The first-order valence-electron chi connectivity index (χ1n) is 7.30. The molecule has 1 aromatic carbocycles. The van der Waals surface area contributed by atoms with Crippen molar-refractivity contribution in [2.24, 2.45) is 5.92 Å². The highest BCUT2D eigenvalue weighted by Crippen LogP contribution is 2.33. The van der Waals surface area contributed by atoms with E-state index in [9.17, 15) is 9.90 Å². The molecule has 0 saturated heterocycles. The minimum absolute atomic E-state index is 0.101. The lowest BCUT2D eigenvalue weighted by atomic mass is 9.79. The average molecular weight is 313 g/mol. The molecule has 116 valence electrons. The third-order valence-corrected chi connectivity index (χ3v) is 4.07. The molecule has 5 heteroatoms. The predicted octanol–water partition coefficient (Wildman–Crippen LogP) is 3.20. The summed E-state index contributed by atoms with van der Waals surface area (Å²) in [6.45, 7) is 2.41. The highest BCUT2D eigenvalue weighted by molar-refractivity contribution is 6.30. The van der Waals surface area contributed by atoms with Crippen LogP contribution in [0, 0.1) is 5.92 Å². The summed E-state index contributed by atoms with van der Waals surface area (Å²) in [5.74, 6) is 0.384. The Balaban J connectivity index is 1.83. The van der Waals surface area contributed by atoms with Crippen molar-refractivity contribution in [2.45, 2.75) is 38.2 Å². The molecule has 21 heavy (non-hydrogen) atoms. The number of hydrogen-bond acceptors (Lipinski definition) is 4. The number of ether oxygens (including phenoxy) is 2. The SMILES string of the molecule is CCOC(=O)C1CCC(O)(COc2cccc(Cl)c2)CC1. The second-order valence-corrected chi connectivity index (χ2v) is 5.93. The Morgan fingerprint density at radius 3 is 2.76 bits per heavy atom. The van der Waals surface area contributed by atoms with Gasteiger partial charge in [0.15, 0.2) is 0 Å². The zero-order chi connectivity index (χ0) is 15.3. The highest BCUT2D eigenvalue weighted by atomic mass is 35.5. The van der Waals surface area contributed by atoms with Crippen molar-refractivity contribution in [2.75, 3.05) is 13.2 Å². The summed E-state index contributed by atoms with van der Waals surface area (Å²) in [4.78, 5) is 11.7. The van der Waals surface area contributed by atoms with E-state index in [0.29, 0.717) is 43.1 Å². The van der Waals surface area contributed by atoms with Crippen molar-refractivity contribution in [3.05, 3.63) is 29.3 Å². The number of rotatable bonds is 5. The molecule has 1 aliphatic carbocycles. The van der Waals surface area contributed by atoms with E-state index in [-0.39, 0.29) is 18.5 Å². The van der Waals surface area contributed by atoms with Crippen molar-refractivity contribution >= 4 is 17.6 Å². The van der Waals surface area contributed by atoms with Gasteiger partial charge in [-0.3, -0.25) is 4.79 Å². The van der Waals surface area contributed by atoms with Gasteiger partial charge in [-0.05, 0) is 50.8 Å². The van der Waals surface area contributed by atoms with Crippen LogP contribution in [-0.4, -0.2) is 29.9 Å². The normalized spacial score (nSPS) is 25.4. The minimum Gasteiger partial charge on any atom is -0.491 e. The van der Waals surface area contributed by atoms with Gasteiger partial charge in [0.2, 0.25) is 0 Å². The van der Waals surface area contributed by atoms with E-state index in [1.807, 2.05) is 0 Å². The van der Waals surface area contributed by atoms with Crippen LogP contribution in [0.4, 0.5) is 0 Å². The van der Waals surface area contributed by atoms with Gasteiger partial charge in [0.25, 0.3) is 0 Å². The van der Waals surface area contributed by atoms with Crippen LogP contribution in [-0.2, 0) is 9.53 Å². The molecule has 0 unspecified atom stereocenters. The fourth-order valence-corrected chi connectivity index (χ4v) is 2.75. The first kappa shape index (κ1) is 16.1. The molecule has 0 amide bonds. The number of aliphatic hydroxyl groups is 1. The van der Waals surface area contributed by atoms with E-state index < -0.39 is 5.60 Å². The van der Waals surface area contributed by atoms with Gasteiger partial charge in [-0.2, -0.15) is 0 Å². The first-order chi connectivity index (χ1) is 10.0. The van der Waals surface area contributed by atoms with E-state index in [2.05, 4.69) is 0 Å². The van der Waals surface area contributed by atoms with Crippen molar-refractivity contribution in [3.63, 3.8) is 0 Å². The Morgan fingerprint density at radius 2 is 2.14 bits per heavy atom. The lowest BCUT2D eigenvalue weighted by Gasteiger charge is -2.34. The van der Waals surface area contributed by atoms with Crippen LogP contribution < -0.4 is 4.74 Å². The fraction of sp³-hybridized carbons (Fsp3) is 0.562. The van der Waals surface area contributed by atoms with Crippen molar-refractivity contribution < 1.29 is 19.4 Å². The summed E-state index contributed by atoms with van der Waals surface area (Å²) in [7, 11) is 0. The van der Waals surface area contributed by atoms with Crippen molar-refractivity contribution in [3.8, 4) is 5.75 Å². The molecule has 1 N–H and O–H groups in total. The number of esters is 1. The largest absolute Gasteiger partial charge is 0.491 e. The van der Waals surface area contributed by atoms with Crippen LogP contribution in [0.3, 0.4) is 0 Å². The second-order valence-electron chi connectivity index (χ2n) is 5.50. The van der Waals surface area contributed by atoms with Crippen LogP contribution in [0.15, 0.2) is 24.3 Å². The van der Waals surface area contributed by atoms with E-state index in [1.54, 1.807) is 31.2 Å². The Bertz CT molecular complexity index is 481. The molecular formula is C16H21ClO4. The maximum atomic E-state index is 11.7. The summed E-state index contributed by atoms with van der Waals surface area (Å²) >= 11 is 5.89. The summed E-state index contributed by atoms with van der Waals surface area (Å²) in [6, 6.07) is 7.10. The summed E-state index contributed by atoms with van der Waals surface area (Å²) in [6.07, 6.45) is 2.34. The number of halogens is 1. The number of carbonyl (C=O) groups excluding carboxylic acids is 1. The molecule has 2 rings (SSSR count). The lowest BCUT2D eigenvalue weighted by Crippen LogP contribution is -2.41. The maximum absolute atomic E-state index is 11.7. The molecule has 0 bridgehead atoms. The minimum atomic E-state index is -0.884. The van der Waals surface area contributed by atoms with Crippen LogP contribution in [0.25, 0.3) is 0 Å². The number of carbonyl (C=O) groups is 1. The van der Waals surface area contributed by atoms with Gasteiger partial charge >= 0.3 is 5.97 Å². The zero-order valence-corrected chi connectivity index (χ0v) is 12.9. The predicted molar refractivity (Wildman–Crippen MR) is 80.5 cm³/mol. The van der Waals surface area contributed by atoms with Crippen LogP contribution >= 0.6 is 11.6 Å². The van der Waals surface area contributed by atoms with Gasteiger partial charge in [-0.1, -0.05) is 17.7 Å². The quantitative estimate of drug-likeness (QED) is 0.848. The Labute approximate surface area is 130 Å². The van der Waals surface area contributed by atoms with Gasteiger partial charge < -0.3 is 14.6 Å². The Kier molecular flexibility index (Phi) is 5.48. The summed E-state index contributed by atoms with van der Waals surface area (Å²) < 4.78 is 10.6. The van der Waals surface area contributed by atoms with Crippen LogP contribution in [0.2, 0.25) is 5.02 Å². The fourth-order valence-electron chi connectivity index (χ4n) is 2.57. The van der Waals surface area contributed by atoms with E-state index in [0.717, 1.165) is 0 Å². The molecule has 1 aromatic rings. The second kappa shape index (κ2) is 7.14. The number of hydrogen-bond donors (Lipinski definition) is 1. The molecule has 1 aliphatic rings. The van der Waals surface area contributed by atoms with Gasteiger partial charge in [0.05, 0.1) is 18.1 Å². The average Bonchev–Trinajstić information content (AvgIpc) is 2.46. The van der Waals surface area contributed by atoms with Crippen molar-refractivity contribution in [1.29, 1.82) is 0 Å². The van der Waals surface area contributed by atoms with Crippen LogP contribution in [0.1, 0.15) is 32.6 Å². The third-order valence-electron chi connectivity index (χ3n) is 3.84. The molecule has 0 spiro atoms.